The lowest BCUT2D eigenvalue weighted by Gasteiger charge is -2.30. The number of anilines is 2. The lowest BCUT2D eigenvalue weighted by atomic mass is 9.99. The van der Waals surface area contributed by atoms with Gasteiger partial charge >= 0.3 is 0 Å². The Balaban J connectivity index is 1.85. The maximum atomic E-state index is 4.66. The van der Waals surface area contributed by atoms with Crippen LogP contribution in [0.4, 0.5) is 11.5 Å². The van der Waals surface area contributed by atoms with Crippen LogP contribution in [0.2, 0.25) is 0 Å². The van der Waals surface area contributed by atoms with Gasteiger partial charge in [0.05, 0.1) is 0 Å². The molecule has 1 aromatic carbocycles. The van der Waals surface area contributed by atoms with E-state index in [2.05, 4.69) is 59.4 Å². The molecule has 0 saturated heterocycles. The van der Waals surface area contributed by atoms with E-state index in [1.165, 1.54) is 35.2 Å². The van der Waals surface area contributed by atoms with E-state index in [9.17, 15) is 0 Å². The smallest absolute Gasteiger partial charge is 0.132 e. The van der Waals surface area contributed by atoms with Gasteiger partial charge in [-0.05, 0) is 49.6 Å². The van der Waals surface area contributed by atoms with E-state index >= 15 is 0 Å². The van der Waals surface area contributed by atoms with Crippen LogP contribution in [0.25, 0.3) is 0 Å². The van der Waals surface area contributed by atoms with Crippen molar-refractivity contribution >= 4 is 11.5 Å². The summed E-state index contributed by atoms with van der Waals surface area (Å²) in [7, 11) is 0. The largest absolute Gasteiger partial charge is 0.326 e. The quantitative estimate of drug-likeness (QED) is 0.928. The van der Waals surface area contributed by atoms with Gasteiger partial charge in [0.15, 0.2) is 0 Å². The van der Waals surface area contributed by atoms with E-state index in [1.54, 1.807) is 0 Å². The summed E-state index contributed by atoms with van der Waals surface area (Å²) in [5, 5.41) is 3.33. The highest BCUT2D eigenvalue weighted by Gasteiger charge is 2.18. The summed E-state index contributed by atoms with van der Waals surface area (Å²) in [6.45, 7) is 7.21. The van der Waals surface area contributed by atoms with Gasteiger partial charge < -0.3 is 10.2 Å². The maximum absolute atomic E-state index is 4.66. The number of hydrogen-bond acceptors (Lipinski definition) is 3. The Morgan fingerprint density at radius 2 is 2.14 bits per heavy atom. The Labute approximate surface area is 127 Å². The lowest BCUT2D eigenvalue weighted by molar-refractivity contribution is 0.722. The minimum atomic E-state index is 0.888. The molecule has 1 aromatic heterocycles. The summed E-state index contributed by atoms with van der Waals surface area (Å²) >= 11 is 0. The van der Waals surface area contributed by atoms with Gasteiger partial charge in [0.1, 0.15) is 5.82 Å². The molecule has 0 radical (unpaired) electrons. The van der Waals surface area contributed by atoms with Crippen LogP contribution < -0.4 is 10.2 Å². The molecule has 3 heteroatoms. The number of fused-ring (bicyclic) bond motifs is 1. The van der Waals surface area contributed by atoms with Crippen LogP contribution in [0.1, 0.15) is 30.0 Å². The molecule has 3 rings (SSSR count). The van der Waals surface area contributed by atoms with Gasteiger partial charge in [0.2, 0.25) is 0 Å². The predicted molar refractivity (Wildman–Crippen MR) is 88.1 cm³/mol. The molecule has 0 amide bonds. The Morgan fingerprint density at radius 1 is 1.24 bits per heavy atom. The van der Waals surface area contributed by atoms with Crippen molar-refractivity contribution in [2.45, 2.75) is 33.2 Å². The third-order valence-electron chi connectivity index (χ3n) is 4.02. The van der Waals surface area contributed by atoms with Crippen molar-refractivity contribution in [1.29, 1.82) is 0 Å². The number of aromatic nitrogens is 1. The molecule has 0 spiro atoms. The SMILES string of the molecule is CCNCc1ccc(N2CCCc3cc(C)ccc32)nc1. The molecule has 2 aromatic rings. The minimum absolute atomic E-state index is 0.888. The molecule has 1 N–H and O–H groups in total. The Hall–Kier alpha value is -1.87. The van der Waals surface area contributed by atoms with Crippen molar-refractivity contribution in [3.63, 3.8) is 0 Å². The summed E-state index contributed by atoms with van der Waals surface area (Å²) in [4.78, 5) is 7.01. The average Bonchev–Trinajstić information content (AvgIpc) is 2.52. The molecule has 0 saturated carbocycles. The molecule has 0 aliphatic carbocycles. The van der Waals surface area contributed by atoms with Crippen molar-refractivity contribution in [3.8, 4) is 0 Å². The van der Waals surface area contributed by atoms with E-state index in [4.69, 9.17) is 0 Å². The fraction of sp³-hybridized carbons (Fsp3) is 0.389. The van der Waals surface area contributed by atoms with Crippen molar-refractivity contribution in [2.75, 3.05) is 18.0 Å². The third-order valence-corrected chi connectivity index (χ3v) is 4.02. The topological polar surface area (TPSA) is 28.2 Å². The molecular weight excluding hydrogens is 258 g/mol. The molecule has 21 heavy (non-hydrogen) atoms. The first-order valence-electron chi connectivity index (χ1n) is 7.80. The van der Waals surface area contributed by atoms with Crippen LogP contribution in [0.15, 0.2) is 36.5 Å². The van der Waals surface area contributed by atoms with Crippen molar-refractivity contribution in [2.24, 2.45) is 0 Å². The average molecular weight is 281 g/mol. The van der Waals surface area contributed by atoms with Gasteiger partial charge in [0.25, 0.3) is 0 Å². The number of hydrogen-bond donors (Lipinski definition) is 1. The van der Waals surface area contributed by atoms with Crippen LogP contribution in [0.5, 0.6) is 0 Å². The fourth-order valence-electron chi connectivity index (χ4n) is 2.91. The van der Waals surface area contributed by atoms with Crippen molar-refractivity contribution < 1.29 is 0 Å². The van der Waals surface area contributed by atoms with E-state index in [0.29, 0.717) is 0 Å². The van der Waals surface area contributed by atoms with Gasteiger partial charge in [-0.2, -0.15) is 0 Å². The second-order valence-corrected chi connectivity index (χ2v) is 5.69. The van der Waals surface area contributed by atoms with Crippen LogP contribution in [-0.2, 0) is 13.0 Å². The first-order valence-corrected chi connectivity index (χ1v) is 7.80. The molecule has 1 aliphatic rings. The number of benzene rings is 1. The van der Waals surface area contributed by atoms with Crippen LogP contribution in [0, 0.1) is 6.92 Å². The van der Waals surface area contributed by atoms with Crippen LogP contribution >= 0.6 is 0 Å². The minimum Gasteiger partial charge on any atom is -0.326 e. The van der Waals surface area contributed by atoms with Gasteiger partial charge in [-0.1, -0.05) is 30.7 Å². The Bertz CT molecular complexity index is 604. The number of rotatable bonds is 4. The number of nitrogens with one attached hydrogen (secondary N) is 1. The normalized spacial score (nSPS) is 14.1. The van der Waals surface area contributed by atoms with Crippen LogP contribution in [-0.4, -0.2) is 18.1 Å². The molecule has 0 bridgehead atoms. The molecule has 2 heterocycles. The summed E-state index contributed by atoms with van der Waals surface area (Å²) < 4.78 is 0. The number of pyridine rings is 1. The molecule has 0 fully saturated rings. The van der Waals surface area contributed by atoms with Crippen molar-refractivity contribution in [1.82, 2.24) is 10.3 Å². The Kier molecular flexibility index (Phi) is 4.20. The molecule has 110 valence electrons. The monoisotopic (exact) mass is 281 g/mol. The van der Waals surface area contributed by atoms with E-state index in [1.807, 2.05) is 6.20 Å². The van der Waals surface area contributed by atoms with E-state index in [0.717, 1.165) is 25.5 Å². The summed E-state index contributed by atoms with van der Waals surface area (Å²) in [5.74, 6) is 1.06. The highest BCUT2D eigenvalue weighted by Crippen LogP contribution is 2.32. The highest BCUT2D eigenvalue weighted by atomic mass is 15.2. The Morgan fingerprint density at radius 3 is 2.90 bits per heavy atom. The second kappa shape index (κ2) is 6.27. The van der Waals surface area contributed by atoms with Crippen molar-refractivity contribution in [3.05, 3.63) is 53.2 Å². The predicted octanol–water partition coefficient (Wildman–Crippen LogP) is 3.58. The summed E-state index contributed by atoms with van der Waals surface area (Å²) in [6, 6.07) is 11.0. The zero-order valence-electron chi connectivity index (χ0n) is 12.9. The van der Waals surface area contributed by atoms with Gasteiger partial charge in [-0.15, -0.1) is 0 Å². The molecule has 1 aliphatic heterocycles. The van der Waals surface area contributed by atoms with Crippen LogP contribution in [0.3, 0.4) is 0 Å². The summed E-state index contributed by atoms with van der Waals surface area (Å²) in [6.07, 6.45) is 4.35. The van der Waals surface area contributed by atoms with E-state index in [-0.39, 0.29) is 0 Å². The van der Waals surface area contributed by atoms with Gasteiger partial charge in [-0.25, -0.2) is 4.98 Å². The first kappa shape index (κ1) is 14.1. The maximum Gasteiger partial charge on any atom is 0.132 e. The van der Waals surface area contributed by atoms with Gasteiger partial charge in [-0.3, -0.25) is 0 Å². The molecule has 0 unspecified atom stereocenters. The molecule has 3 nitrogen and oxygen atoms in total. The lowest BCUT2D eigenvalue weighted by Crippen LogP contribution is -2.25. The molecular formula is C18H23N3. The molecule has 0 atom stereocenters. The number of aryl methyl sites for hydroxylation is 2. The summed E-state index contributed by atoms with van der Waals surface area (Å²) in [5.41, 5.74) is 5.34. The second-order valence-electron chi connectivity index (χ2n) is 5.69. The third kappa shape index (κ3) is 3.08. The van der Waals surface area contributed by atoms with Gasteiger partial charge in [0, 0.05) is 25.0 Å². The first-order chi connectivity index (χ1) is 10.3. The number of nitrogens with zero attached hydrogens (tertiary/aromatic N) is 2. The highest BCUT2D eigenvalue weighted by molar-refractivity contribution is 5.66. The standard InChI is InChI=1S/C18H23N3/c1-3-19-12-15-7-9-18(20-13-15)21-10-4-5-16-11-14(2)6-8-17(16)21/h6-9,11,13,19H,3-5,10,12H2,1-2H3. The zero-order valence-corrected chi connectivity index (χ0v) is 12.9. The van der Waals surface area contributed by atoms with E-state index < -0.39 is 0 Å². The fourth-order valence-corrected chi connectivity index (χ4v) is 2.91. The zero-order chi connectivity index (χ0) is 14.7.